The first-order valence-electron chi connectivity index (χ1n) is 23.9. The predicted octanol–water partition coefficient (Wildman–Crippen LogP) is 16.9. The average Bonchev–Trinajstić information content (AvgIpc) is 3.44. The summed E-state index contributed by atoms with van der Waals surface area (Å²) in [5.41, 5.74) is 13.2. The number of fused-ring (bicyclic) bond motifs is 4. The number of rotatable bonds is 8. The van der Waals surface area contributed by atoms with Crippen LogP contribution in [-0.2, 0) is 0 Å². The summed E-state index contributed by atoms with van der Waals surface area (Å²) in [6, 6.07) is 82.2. The van der Waals surface area contributed by atoms with E-state index in [0.29, 0.717) is 18.1 Å². The number of aromatic nitrogens is 4. The largest absolute Gasteiger partial charge is 0.256 e. The highest BCUT2D eigenvalue weighted by Gasteiger charge is 2.25. The van der Waals surface area contributed by atoms with Gasteiger partial charge in [0.1, 0.15) is 5.82 Å². The summed E-state index contributed by atoms with van der Waals surface area (Å²) in [6.45, 7) is 0. The van der Waals surface area contributed by atoms with Crippen LogP contribution in [0.5, 0.6) is 0 Å². The Balaban J connectivity index is 0.956. The van der Waals surface area contributed by atoms with Gasteiger partial charge in [-0.1, -0.05) is 212 Å². The van der Waals surface area contributed by atoms with Crippen LogP contribution in [0, 0.1) is 0 Å². The Morgan fingerprint density at radius 1 is 0.343 bits per heavy atom. The second kappa shape index (κ2) is 17.5. The van der Waals surface area contributed by atoms with Crippen LogP contribution < -0.4 is 0 Å². The Morgan fingerprint density at radius 3 is 1.34 bits per heavy atom. The normalized spacial score (nSPS) is 13.7. The van der Waals surface area contributed by atoms with Crippen LogP contribution in [0.1, 0.15) is 29.3 Å². The van der Waals surface area contributed by atoms with Gasteiger partial charge >= 0.3 is 0 Å². The fraction of sp³-hybridized carbons (Fsp3) is 0.0303. The lowest BCUT2D eigenvalue weighted by Crippen LogP contribution is -2.11. The van der Waals surface area contributed by atoms with E-state index in [9.17, 15) is 0 Å². The van der Waals surface area contributed by atoms with Gasteiger partial charge in [0.15, 0.2) is 11.6 Å². The first kappa shape index (κ1) is 41.1. The maximum atomic E-state index is 5.42. The molecule has 0 saturated heterocycles. The lowest BCUT2D eigenvalue weighted by Gasteiger charge is -2.24. The molecule has 1 atom stereocenters. The Bertz CT molecular complexity index is 3810. The van der Waals surface area contributed by atoms with Crippen molar-refractivity contribution in [1.82, 2.24) is 19.9 Å². The molecule has 1 unspecified atom stereocenters. The smallest absolute Gasteiger partial charge is 0.163 e. The molecule has 0 bridgehead atoms. The predicted molar refractivity (Wildman–Crippen MR) is 291 cm³/mol. The SMILES string of the molecule is C1=C(c2ccc(-c3ccccn3)cc2)CC(c2nc(-c3ccc(-c4ccc5ccccc5c4)cc3)nc(-c3ccc(-c4ccc5ccccc5c4)cc3)n2)C=C1c1c2ccccc2cc2ccccc12. The molecule has 0 amide bonds. The highest BCUT2D eigenvalue weighted by Crippen LogP contribution is 2.43. The zero-order valence-corrected chi connectivity index (χ0v) is 38.2. The van der Waals surface area contributed by atoms with Crippen molar-refractivity contribution in [3.63, 3.8) is 0 Å². The van der Waals surface area contributed by atoms with Crippen LogP contribution in [0.15, 0.2) is 249 Å². The number of nitrogens with zero attached hydrogens (tertiary/aromatic N) is 4. The summed E-state index contributed by atoms with van der Waals surface area (Å²) in [6.07, 6.45) is 7.34. The standard InChI is InChI=1S/C66H44N4/c1-3-13-51-37-53(34-26-43(51)11-1)45-22-30-49(31-23-45)64-68-65(50-32-24-46(25-33-50)54-35-27-44-12-2-4-14-52(44)38-54)70-66(69-64)59-41-57(47-20-28-48(29-21-47)62-19-9-10-36-67-62)40-58(42-59)63-60-17-7-5-15-55(60)39-56-16-6-8-18-61(56)63/h1-40,42,59H,41H2. The second-order valence-electron chi connectivity index (χ2n) is 18.2. The van der Waals surface area contributed by atoms with Crippen LogP contribution in [0.2, 0.25) is 0 Å². The van der Waals surface area contributed by atoms with Crippen molar-refractivity contribution in [2.75, 3.05) is 0 Å². The van der Waals surface area contributed by atoms with Crippen LogP contribution in [0.4, 0.5) is 0 Å². The van der Waals surface area contributed by atoms with E-state index in [1.165, 1.54) is 65.4 Å². The van der Waals surface area contributed by atoms with E-state index >= 15 is 0 Å². The van der Waals surface area contributed by atoms with Crippen molar-refractivity contribution in [2.24, 2.45) is 0 Å². The third kappa shape index (κ3) is 7.81. The van der Waals surface area contributed by atoms with Gasteiger partial charge in [-0.3, -0.25) is 4.98 Å². The number of hydrogen-bond donors (Lipinski definition) is 0. The van der Waals surface area contributed by atoms with Gasteiger partial charge in [0.05, 0.1) is 5.69 Å². The maximum Gasteiger partial charge on any atom is 0.163 e. The fourth-order valence-corrected chi connectivity index (χ4v) is 10.2. The van der Waals surface area contributed by atoms with Gasteiger partial charge in [-0.15, -0.1) is 0 Å². The molecule has 12 aromatic rings. The molecule has 2 heterocycles. The van der Waals surface area contributed by atoms with Gasteiger partial charge in [0, 0.05) is 28.8 Å². The molecule has 1 aliphatic carbocycles. The molecular weight excluding hydrogens is 849 g/mol. The van der Waals surface area contributed by atoms with Crippen molar-refractivity contribution >= 4 is 54.2 Å². The molecule has 1 aliphatic rings. The lowest BCUT2D eigenvalue weighted by molar-refractivity contribution is 0.775. The summed E-state index contributed by atoms with van der Waals surface area (Å²) in [5, 5.41) is 9.73. The number of pyridine rings is 1. The summed E-state index contributed by atoms with van der Waals surface area (Å²) in [5.74, 6) is 1.85. The molecule has 0 spiro atoms. The van der Waals surface area contributed by atoms with Crippen LogP contribution in [0.3, 0.4) is 0 Å². The maximum absolute atomic E-state index is 5.42. The van der Waals surface area contributed by atoms with E-state index in [1.807, 2.05) is 18.3 Å². The van der Waals surface area contributed by atoms with E-state index in [2.05, 4.69) is 236 Å². The van der Waals surface area contributed by atoms with Crippen LogP contribution in [-0.4, -0.2) is 19.9 Å². The van der Waals surface area contributed by atoms with Gasteiger partial charge < -0.3 is 0 Å². The highest BCUT2D eigenvalue weighted by molar-refractivity contribution is 6.11. The zero-order valence-electron chi connectivity index (χ0n) is 38.2. The number of hydrogen-bond acceptors (Lipinski definition) is 4. The van der Waals surface area contributed by atoms with Gasteiger partial charge in [-0.2, -0.15) is 0 Å². The van der Waals surface area contributed by atoms with Crippen molar-refractivity contribution in [3.05, 3.63) is 266 Å². The lowest BCUT2D eigenvalue weighted by atomic mass is 9.81. The van der Waals surface area contributed by atoms with Crippen LogP contribution >= 0.6 is 0 Å². The molecule has 0 N–H and O–H groups in total. The molecule has 10 aromatic carbocycles. The van der Waals surface area contributed by atoms with Crippen molar-refractivity contribution in [2.45, 2.75) is 12.3 Å². The van der Waals surface area contributed by atoms with E-state index < -0.39 is 0 Å². The van der Waals surface area contributed by atoms with Gasteiger partial charge in [0.2, 0.25) is 0 Å². The zero-order chi connectivity index (χ0) is 46.4. The molecule has 0 aliphatic heterocycles. The van der Waals surface area contributed by atoms with Gasteiger partial charge in [-0.05, 0) is 124 Å². The number of allylic oxidation sites excluding steroid dienone is 4. The van der Waals surface area contributed by atoms with Crippen molar-refractivity contribution in [3.8, 4) is 56.3 Å². The second-order valence-corrected chi connectivity index (χ2v) is 18.2. The summed E-state index contributed by atoms with van der Waals surface area (Å²) >= 11 is 0. The third-order valence-corrected chi connectivity index (χ3v) is 13.9. The molecule has 0 fully saturated rings. The summed E-state index contributed by atoms with van der Waals surface area (Å²) in [7, 11) is 0. The van der Waals surface area contributed by atoms with E-state index in [1.54, 1.807) is 0 Å². The average molecular weight is 893 g/mol. The molecule has 0 radical (unpaired) electrons. The quantitative estimate of drug-likeness (QED) is 0.143. The van der Waals surface area contributed by atoms with E-state index in [0.717, 1.165) is 50.5 Å². The molecule has 2 aromatic heterocycles. The third-order valence-electron chi connectivity index (χ3n) is 13.9. The van der Waals surface area contributed by atoms with Crippen LogP contribution in [0.25, 0.3) is 111 Å². The molecule has 13 rings (SSSR count). The number of benzene rings is 10. The Morgan fingerprint density at radius 2 is 0.800 bits per heavy atom. The minimum absolute atomic E-state index is 0.169. The molecule has 0 saturated carbocycles. The van der Waals surface area contributed by atoms with Crippen molar-refractivity contribution in [1.29, 1.82) is 0 Å². The Kier molecular flexibility index (Phi) is 10.3. The monoisotopic (exact) mass is 892 g/mol. The summed E-state index contributed by atoms with van der Waals surface area (Å²) in [4.78, 5) is 20.7. The Labute approximate surface area is 406 Å². The topological polar surface area (TPSA) is 51.6 Å². The first-order valence-corrected chi connectivity index (χ1v) is 23.9. The minimum Gasteiger partial charge on any atom is -0.256 e. The fourth-order valence-electron chi connectivity index (χ4n) is 10.2. The molecule has 4 heteroatoms. The Hall–Kier alpha value is -9.12. The summed E-state index contributed by atoms with van der Waals surface area (Å²) < 4.78 is 0. The molecule has 4 nitrogen and oxygen atoms in total. The van der Waals surface area contributed by atoms with E-state index in [-0.39, 0.29) is 5.92 Å². The van der Waals surface area contributed by atoms with Gasteiger partial charge in [-0.25, -0.2) is 15.0 Å². The van der Waals surface area contributed by atoms with E-state index in [4.69, 9.17) is 15.0 Å². The first-order chi connectivity index (χ1) is 34.6. The minimum atomic E-state index is -0.169. The molecule has 70 heavy (non-hydrogen) atoms. The van der Waals surface area contributed by atoms with Crippen molar-refractivity contribution < 1.29 is 0 Å². The molecule has 328 valence electrons. The van der Waals surface area contributed by atoms with Gasteiger partial charge in [0.25, 0.3) is 0 Å². The highest BCUT2D eigenvalue weighted by atomic mass is 15.0. The molecular formula is C66H44N4.